The summed E-state index contributed by atoms with van der Waals surface area (Å²) in [5.41, 5.74) is -0.171. The van der Waals surface area contributed by atoms with Gasteiger partial charge in [0.1, 0.15) is 5.52 Å². The van der Waals surface area contributed by atoms with Gasteiger partial charge in [0.05, 0.1) is 37.3 Å². The van der Waals surface area contributed by atoms with E-state index in [4.69, 9.17) is 16.4 Å². The molecule has 1 aliphatic carbocycles. The van der Waals surface area contributed by atoms with Gasteiger partial charge < -0.3 is 20.3 Å². The Morgan fingerprint density at radius 1 is 1.34 bits per heavy atom. The van der Waals surface area contributed by atoms with Gasteiger partial charge in [-0.3, -0.25) is 4.79 Å². The van der Waals surface area contributed by atoms with Crippen molar-refractivity contribution in [2.24, 2.45) is 11.8 Å². The van der Waals surface area contributed by atoms with Gasteiger partial charge in [-0.1, -0.05) is 6.92 Å². The summed E-state index contributed by atoms with van der Waals surface area (Å²) in [6.45, 7) is -14.1. The molecule has 0 radical (unpaired) electrons. The minimum atomic E-state index is -3.33. The molecule has 0 spiro atoms. The number of hydrogen-bond acceptors (Lipinski definition) is 9. The molecule has 5 heterocycles. The highest BCUT2D eigenvalue weighted by Gasteiger charge is 2.39. The van der Waals surface area contributed by atoms with E-state index in [2.05, 4.69) is 40.6 Å². The Morgan fingerprint density at radius 3 is 3.00 bits per heavy atom. The van der Waals surface area contributed by atoms with E-state index >= 15 is 0 Å². The first-order chi connectivity index (χ1) is 21.6. The molecule has 0 unspecified atom stereocenters. The summed E-state index contributed by atoms with van der Waals surface area (Å²) in [6.07, 6.45) is 1.40. The van der Waals surface area contributed by atoms with Crippen molar-refractivity contribution in [3.05, 3.63) is 30.6 Å². The second-order valence-electron chi connectivity index (χ2n) is 8.08. The highest BCUT2D eigenvalue weighted by Crippen LogP contribution is 2.38. The largest absolute Gasteiger partial charge is 0.378 e. The minimum Gasteiger partial charge on any atom is -0.378 e. The van der Waals surface area contributed by atoms with Crippen molar-refractivity contribution in [2.75, 3.05) is 48.2 Å². The van der Waals surface area contributed by atoms with Crippen LogP contribution in [-0.2, 0) is 9.53 Å². The summed E-state index contributed by atoms with van der Waals surface area (Å²) in [5.74, 6) is -0.0473. The third-order valence-electron chi connectivity index (χ3n) is 5.73. The van der Waals surface area contributed by atoms with Gasteiger partial charge in [0.25, 0.3) is 0 Å². The number of pyridine rings is 2. The standard InChI is InChI=1S/C24H27N9O2/c1-3-25-23-21-17(11-19(29-30-21)27-24(34)16-10-14(16)2)18(12-26-23)22-28-20-5-4-15(13-33(20)31-22)32-6-8-35-9-7-32/h4-5,11-14,16H,3,6-10H2,1-2H3,(H,25,26)(H,27,29,34)/t14-,16+/m1/s1/i1D3,6D2,7D2,8D2,9D2,13D. The van der Waals surface area contributed by atoms with Crippen molar-refractivity contribution in [2.45, 2.75) is 20.2 Å². The monoisotopic (exact) mass is 485 g/mol. The topological polar surface area (TPSA) is 122 Å². The molecule has 1 saturated carbocycles. The lowest BCUT2D eigenvalue weighted by atomic mass is 10.1. The lowest BCUT2D eigenvalue weighted by Crippen LogP contribution is -2.36. The quantitative estimate of drug-likeness (QED) is 0.424. The van der Waals surface area contributed by atoms with Gasteiger partial charge in [-0.2, -0.15) is 0 Å². The van der Waals surface area contributed by atoms with Gasteiger partial charge in [0.2, 0.25) is 5.91 Å². The highest BCUT2D eigenvalue weighted by atomic mass is 16.5. The molecule has 4 aromatic rings. The molecule has 1 saturated heterocycles. The predicted octanol–water partition coefficient (Wildman–Crippen LogP) is 2.60. The molecule has 2 atom stereocenters. The molecule has 2 aliphatic rings. The highest BCUT2D eigenvalue weighted by molar-refractivity contribution is 6.01. The van der Waals surface area contributed by atoms with E-state index in [0.29, 0.717) is 5.39 Å². The molecule has 0 aromatic carbocycles. The van der Waals surface area contributed by atoms with Crippen LogP contribution in [0.25, 0.3) is 27.9 Å². The van der Waals surface area contributed by atoms with Crippen LogP contribution in [0.4, 0.5) is 17.3 Å². The van der Waals surface area contributed by atoms with Crippen LogP contribution in [0.5, 0.6) is 0 Å². The van der Waals surface area contributed by atoms with E-state index < -0.39 is 51.4 Å². The van der Waals surface area contributed by atoms with E-state index in [9.17, 15) is 4.79 Å². The van der Waals surface area contributed by atoms with Crippen LogP contribution in [0.2, 0.25) is 0 Å². The number of amides is 1. The fourth-order valence-electron chi connectivity index (χ4n) is 3.75. The maximum Gasteiger partial charge on any atom is 0.228 e. The zero-order chi connectivity index (χ0) is 34.5. The maximum atomic E-state index is 12.6. The van der Waals surface area contributed by atoms with Crippen molar-refractivity contribution in [1.82, 2.24) is 29.8 Å². The van der Waals surface area contributed by atoms with Crippen molar-refractivity contribution in [3.63, 3.8) is 0 Å². The van der Waals surface area contributed by atoms with Crippen molar-refractivity contribution >= 4 is 39.8 Å². The average molecular weight is 486 g/mol. The normalized spacial score (nSPS) is 30.9. The van der Waals surface area contributed by atoms with Gasteiger partial charge in [-0.25, -0.2) is 14.5 Å². The lowest BCUT2D eigenvalue weighted by molar-refractivity contribution is -0.117. The van der Waals surface area contributed by atoms with Gasteiger partial charge >= 0.3 is 0 Å². The molecule has 180 valence electrons. The molecular weight excluding hydrogens is 446 g/mol. The molecule has 11 nitrogen and oxygen atoms in total. The molecule has 1 amide bonds. The number of morpholine rings is 1. The summed E-state index contributed by atoms with van der Waals surface area (Å²) in [4.78, 5) is 21.5. The lowest BCUT2D eigenvalue weighted by Gasteiger charge is -2.28. The summed E-state index contributed by atoms with van der Waals surface area (Å²) in [5, 5.41) is 18.3. The number of nitrogens with zero attached hydrogens (tertiary/aromatic N) is 7. The molecule has 1 aliphatic heterocycles. The molecule has 0 bridgehead atoms. The van der Waals surface area contributed by atoms with E-state index in [1.165, 1.54) is 18.3 Å². The Balaban J connectivity index is 1.47. The summed E-state index contributed by atoms with van der Waals surface area (Å²) >= 11 is 0. The second kappa shape index (κ2) is 8.73. The molecule has 2 fully saturated rings. The SMILES string of the molecule is [2H]c1c(N2C([2H])([2H])C([2H])([2H])OC([2H])([2H])C2([2H])[2H])ccc2nc(-c3cnc(NCC([2H])([2H])[2H])c4nnc(NC(=O)[C@H]5C[C@H]5C)cc34)nn12. The predicted molar refractivity (Wildman–Crippen MR) is 132 cm³/mol. The van der Waals surface area contributed by atoms with E-state index in [0.717, 1.165) is 17.0 Å². The van der Waals surface area contributed by atoms with Crippen LogP contribution >= 0.6 is 0 Å². The maximum absolute atomic E-state index is 12.6. The zero-order valence-corrected chi connectivity index (χ0v) is 18.3. The number of rotatable bonds is 6. The molecule has 4 aromatic heterocycles. The average Bonchev–Trinajstić information content (AvgIpc) is 3.52. The fourth-order valence-corrected chi connectivity index (χ4v) is 3.75. The van der Waals surface area contributed by atoms with E-state index in [-0.39, 0.29) is 56.8 Å². The molecule has 6 rings (SSSR count). The zero-order valence-electron chi connectivity index (χ0n) is 30.3. The van der Waals surface area contributed by atoms with Gasteiger partial charge in [0.15, 0.2) is 23.1 Å². The molecule has 11 heteroatoms. The Labute approximate surface area is 218 Å². The van der Waals surface area contributed by atoms with Gasteiger partial charge in [-0.15, -0.1) is 15.3 Å². The number of ether oxygens (including phenoxy) is 1. The van der Waals surface area contributed by atoms with Crippen LogP contribution in [0.15, 0.2) is 30.6 Å². The fraction of sp³-hybridized carbons (Fsp3) is 0.417. The smallest absolute Gasteiger partial charge is 0.228 e. The number of hydrogen-bond donors (Lipinski definition) is 2. The minimum absolute atomic E-state index is 0.0326. The number of carbonyl (C=O) groups is 1. The van der Waals surface area contributed by atoms with Crippen molar-refractivity contribution in [1.29, 1.82) is 0 Å². The first-order valence-corrected chi connectivity index (χ1v) is 10.7. The Hall–Kier alpha value is -3.86. The Kier molecular flexibility index (Phi) is 3.05. The van der Waals surface area contributed by atoms with Crippen LogP contribution in [0.1, 0.15) is 36.6 Å². The summed E-state index contributed by atoms with van der Waals surface area (Å²) in [6, 6.07) is 3.85. The number of carbonyl (C=O) groups excluding carboxylic acids is 1. The number of fused-ring (bicyclic) bond motifs is 2. The van der Waals surface area contributed by atoms with Crippen molar-refractivity contribution < 1.29 is 26.0 Å². The molecule has 35 heavy (non-hydrogen) atoms. The third-order valence-corrected chi connectivity index (χ3v) is 5.73. The first kappa shape index (κ1) is 12.2. The number of nitrogens with one attached hydrogen (secondary N) is 2. The third kappa shape index (κ3) is 4.12. The second-order valence-corrected chi connectivity index (χ2v) is 8.08. The number of aromatic nitrogens is 6. The molecular formula is C24H27N9O2. The van der Waals surface area contributed by atoms with Gasteiger partial charge in [-0.05, 0) is 37.4 Å². The first-order valence-electron chi connectivity index (χ1n) is 16.7. The van der Waals surface area contributed by atoms with Gasteiger partial charge in [0, 0.05) is 46.7 Å². The Morgan fingerprint density at radius 2 is 2.20 bits per heavy atom. The van der Waals surface area contributed by atoms with Crippen molar-refractivity contribution in [3.8, 4) is 11.4 Å². The van der Waals surface area contributed by atoms with Crippen LogP contribution in [0, 0.1) is 11.8 Å². The van der Waals surface area contributed by atoms with Crippen LogP contribution in [0.3, 0.4) is 0 Å². The summed E-state index contributed by atoms with van der Waals surface area (Å²) < 4.78 is 102. The Bertz CT molecular complexity index is 1890. The van der Waals surface area contributed by atoms with Crippen LogP contribution < -0.4 is 15.5 Å². The van der Waals surface area contributed by atoms with E-state index in [1.807, 2.05) is 6.92 Å². The molecule has 2 N–H and O–H groups in total. The summed E-state index contributed by atoms with van der Waals surface area (Å²) in [7, 11) is 0. The van der Waals surface area contributed by atoms with E-state index in [1.54, 1.807) is 0 Å². The van der Waals surface area contributed by atoms with Crippen LogP contribution in [-0.4, -0.2) is 68.3 Å². The number of anilines is 3.